The molecule has 2 aromatic rings. The number of methoxy groups -OCH3 is 1. The molecule has 0 bridgehead atoms. The minimum absolute atomic E-state index is 0.0108. The fourth-order valence-corrected chi connectivity index (χ4v) is 2.97. The summed E-state index contributed by atoms with van der Waals surface area (Å²) in [6.45, 7) is 9.65. The summed E-state index contributed by atoms with van der Waals surface area (Å²) in [4.78, 5) is 2.32. The van der Waals surface area contributed by atoms with Crippen LogP contribution in [-0.4, -0.2) is 7.11 Å². The van der Waals surface area contributed by atoms with Crippen molar-refractivity contribution >= 4 is 5.69 Å². The van der Waals surface area contributed by atoms with Crippen molar-refractivity contribution in [1.29, 1.82) is 0 Å². The fraction of sp³-hybridized carbons (Fsp3) is 0.263. The van der Waals surface area contributed by atoms with Crippen molar-refractivity contribution in [3.63, 3.8) is 0 Å². The Morgan fingerprint density at radius 3 is 2.38 bits per heavy atom. The molecule has 0 saturated carbocycles. The van der Waals surface area contributed by atoms with Gasteiger partial charge in [-0.25, -0.2) is 0 Å². The van der Waals surface area contributed by atoms with E-state index in [-0.39, 0.29) is 5.41 Å². The minimum Gasteiger partial charge on any atom is -0.497 e. The van der Waals surface area contributed by atoms with Crippen LogP contribution in [0.25, 0.3) is 0 Å². The van der Waals surface area contributed by atoms with Crippen LogP contribution >= 0.6 is 0 Å². The lowest BCUT2D eigenvalue weighted by molar-refractivity contribution is 0.414. The summed E-state index contributed by atoms with van der Waals surface area (Å²) >= 11 is 0. The molecule has 2 heteroatoms. The van der Waals surface area contributed by atoms with Gasteiger partial charge in [0.05, 0.1) is 7.11 Å². The van der Waals surface area contributed by atoms with Crippen LogP contribution < -0.4 is 9.64 Å². The van der Waals surface area contributed by atoms with Crippen molar-refractivity contribution in [2.75, 3.05) is 12.0 Å². The standard InChI is InChI=1S/C19H21NO/c1-14-19(2,3)17-7-5-6-8-18(17)20(14)13-15-9-11-16(21-4)12-10-15/h5-12H,1,13H2,2-4H3. The fourth-order valence-electron chi connectivity index (χ4n) is 2.97. The number of hydrogen-bond donors (Lipinski definition) is 0. The van der Waals surface area contributed by atoms with E-state index in [1.165, 1.54) is 16.8 Å². The number of rotatable bonds is 3. The Labute approximate surface area is 126 Å². The molecule has 0 unspecified atom stereocenters. The van der Waals surface area contributed by atoms with Crippen molar-refractivity contribution in [2.24, 2.45) is 0 Å². The van der Waals surface area contributed by atoms with Crippen LogP contribution in [-0.2, 0) is 12.0 Å². The van der Waals surface area contributed by atoms with Crippen LogP contribution in [0, 0.1) is 0 Å². The second kappa shape index (κ2) is 4.96. The van der Waals surface area contributed by atoms with Gasteiger partial charge >= 0.3 is 0 Å². The molecule has 1 aliphatic heterocycles. The SMILES string of the molecule is C=C1N(Cc2ccc(OC)cc2)c2ccccc2C1(C)C. The highest BCUT2D eigenvalue weighted by atomic mass is 16.5. The van der Waals surface area contributed by atoms with E-state index in [0.29, 0.717) is 0 Å². The van der Waals surface area contributed by atoms with Gasteiger partial charge in [0.2, 0.25) is 0 Å². The van der Waals surface area contributed by atoms with Crippen molar-refractivity contribution in [3.8, 4) is 5.75 Å². The highest BCUT2D eigenvalue weighted by Gasteiger charge is 2.38. The maximum Gasteiger partial charge on any atom is 0.118 e. The predicted octanol–water partition coefficient (Wildman–Crippen LogP) is 4.51. The van der Waals surface area contributed by atoms with Gasteiger partial charge in [0.25, 0.3) is 0 Å². The summed E-state index contributed by atoms with van der Waals surface area (Å²) in [5.74, 6) is 0.889. The Morgan fingerprint density at radius 2 is 1.71 bits per heavy atom. The highest BCUT2D eigenvalue weighted by Crippen LogP contribution is 2.47. The smallest absolute Gasteiger partial charge is 0.118 e. The van der Waals surface area contributed by atoms with E-state index in [0.717, 1.165) is 18.0 Å². The molecule has 0 atom stereocenters. The van der Waals surface area contributed by atoms with Crippen molar-refractivity contribution < 1.29 is 4.74 Å². The van der Waals surface area contributed by atoms with Gasteiger partial charge in [0, 0.05) is 23.3 Å². The average molecular weight is 279 g/mol. The molecule has 1 aliphatic rings. The van der Waals surface area contributed by atoms with Gasteiger partial charge in [0.1, 0.15) is 5.75 Å². The summed E-state index contributed by atoms with van der Waals surface area (Å²) in [5, 5.41) is 0. The molecule has 2 aromatic carbocycles. The van der Waals surface area contributed by atoms with E-state index in [1.807, 2.05) is 12.1 Å². The topological polar surface area (TPSA) is 12.5 Å². The maximum absolute atomic E-state index is 5.22. The normalized spacial score (nSPS) is 16.0. The molecular formula is C19H21NO. The highest BCUT2D eigenvalue weighted by molar-refractivity contribution is 5.69. The van der Waals surface area contributed by atoms with Gasteiger partial charge in [-0.15, -0.1) is 0 Å². The van der Waals surface area contributed by atoms with Crippen LogP contribution in [0.4, 0.5) is 5.69 Å². The Hall–Kier alpha value is -2.22. The Kier molecular flexibility index (Phi) is 3.25. The molecule has 0 aromatic heterocycles. The van der Waals surface area contributed by atoms with Crippen molar-refractivity contribution in [2.45, 2.75) is 25.8 Å². The van der Waals surface area contributed by atoms with E-state index in [4.69, 9.17) is 4.74 Å². The molecule has 0 amide bonds. The van der Waals surface area contributed by atoms with Gasteiger partial charge in [0.15, 0.2) is 0 Å². The molecule has 0 fully saturated rings. The molecule has 0 aliphatic carbocycles. The molecule has 0 saturated heterocycles. The van der Waals surface area contributed by atoms with Crippen LogP contribution in [0.5, 0.6) is 5.75 Å². The van der Waals surface area contributed by atoms with E-state index < -0.39 is 0 Å². The van der Waals surface area contributed by atoms with Crippen LogP contribution in [0.2, 0.25) is 0 Å². The monoisotopic (exact) mass is 279 g/mol. The third-order valence-corrected chi connectivity index (χ3v) is 4.42. The van der Waals surface area contributed by atoms with Crippen LogP contribution in [0.1, 0.15) is 25.0 Å². The lowest BCUT2D eigenvalue weighted by atomic mass is 9.84. The molecule has 1 heterocycles. The summed E-state index contributed by atoms with van der Waals surface area (Å²) in [6.07, 6.45) is 0. The molecule has 2 nitrogen and oxygen atoms in total. The Balaban J connectivity index is 1.93. The second-order valence-corrected chi connectivity index (χ2v) is 6.02. The second-order valence-electron chi connectivity index (χ2n) is 6.02. The van der Waals surface area contributed by atoms with Gasteiger partial charge in [-0.3, -0.25) is 0 Å². The largest absolute Gasteiger partial charge is 0.497 e. The van der Waals surface area contributed by atoms with E-state index >= 15 is 0 Å². The average Bonchev–Trinajstić information content (AvgIpc) is 2.70. The third kappa shape index (κ3) is 2.21. The number of benzene rings is 2. The number of para-hydroxylation sites is 1. The number of anilines is 1. The lowest BCUT2D eigenvalue weighted by Crippen LogP contribution is -2.24. The number of ether oxygens (including phenoxy) is 1. The molecule has 21 heavy (non-hydrogen) atoms. The van der Waals surface area contributed by atoms with Gasteiger partial charge < -0.3 is 9.64 Å². The first-order valence-corrected chi connectivity index (χ1v) is 7.23. The first-order valence-electron chi connectivity index (χ1n) is 7.23. The number of hydrogen-bond acceptors (Lipinski definition) is 2. The Bertz CT molecular complexity index is 670. The van der Waals surface area contributed by atoms with E-state index in [2.05, 4.69) is 61.7 Å². The number of fused-ring (bicyclic) bond motifs is 1. The van der Waals surface area contributed by atoms with Gasteiger partial charge in [-0.2, -0.15) is 0 Å². The molecule has 0 radical (unpaired) electrons. The van der Waals surface area contributed by atoms with Gasteiger partial charge in [-0.05, 0) is 29.3 Å². The zero-order valence-electron chi connectivity index (χ0n) is 12.9. The van der Waals surface area contributed by atoms with Crippen molar-refractivity contribution in [1.82, 2.24) is 0 Å². The predicted molar refractivity (Wildman–Crippen MR) is 87.8 cm³/mol. The minimum atomic E-state index is -0.0108. The molecular weight excluding hydrogens is 258 g/mol. The quantitative estimate of drug-likeness (QED) is 0.820. The van der Waals surface area contributed by atoms with Gasteiger partial charge in [-0.1, -0.05) is 50.8 Å². The lowest BCUT2D eigenvalue weighted by Gasteiger charge is -2.26. The number of allylic oxidation sites excluding steroid dienone is 1. The molecule has 3 rings (SSSR count). The first-order chi connectivity index (χ1) is 10.0. The zero-order chi connectivity index (χ0) is 15.0. The van der Waals surface area contributed by atoms with Crippen LogP contribution in [0.3, 0.4) is 0 Å². The van der Waals surface area contributed by atoms with E-state index in [1.54, 1.807) is 7.11 Å². The molecule has 108 valence electrons. The van der Waals surface area contributed by atoms with Crippen LogP contribution in [0.15, 0.2) is 60.8 Å². The van der Waals surface area contributed by atoms with E-state index in [9.17, 15) is 0 Å². The maximum atomic E-state index is 5.22. The molecule has 0 N–H and O–H groups in total. The number of nitrogens with zero attached hydrogens (tertiary/aromatic N) is 1. The summed E-state index contributed by atoms with van der Waals surface area (Å²) < 4.78 is 5.22. The Morgan fingerprint density at radius 1 is 1.05 bits per heavy atom. The molecule has 0 spiro atoms. The van der Waals surface area contributed by atoms with Crippen molar-refractivity contribution in [3.05, 3.63) is 71.9 Å². The summed E-state index contributed by atoms with van der Waals surface area (Å²) in [5.41, 5.74) is 5.01. The third-order valence-electron chi connectivity index (χ3n) is 4.42. The summed E-state index contributed by atoms with van der Waals surface area (Å²) in [6, 6.07) is 16.8. The zero-order valence-corrected chi connectivity index (χ0v) is 12.9. The summed E-state index contributed by atoms with van der Waals surface area (Å²) in [7, 11) is 1.69. The first kappa shape index (κ1) is 13.7.